The number of hydrogen-bond acceptors (Lipinski definition) is 6. The minimum Gasteiger partial charge on any atom is -0.475 e. The summed E-state index contributed by atoms with van der Waals surface area (Å²) >= 11 is 0. The SMILES string of the molecule is NCc1ccccc1C1CCN(C(=O)CN2C(=O)c3ccccc3S2(=O)=O)CC1.O=C(O)C(F)(F)F. The van der Waals surface area contributed by atoms with Crippen molar-refractivity contribution in [3.63, 3.8) is 0 Å². The highest BCUT2D eigenvalue weighted by Gasteiger charge is 2.42. The van der Waals surface area contributed by atoms with Gasteiger partial charge in [0.15, 0.2) is 0 Å². The van der Waals surface area contributed by atoms with E-state index in [4.69, 9.17) is 15.6 Å². The van der Waals surface area contributed by atoms with Crippen LogP contribution in [0.3, 0.4) is 0 Å². The summed E-state index contributed by atoms with van der Waals surface area (Å²) in [5.74, 6) is -3.42. The van der Waals surface area contributed by atoms with Crippen molar-refractivity contribution in [2.45, 2.75) is 36.4 Å². The number of fused-ring (bicyclic) bond motifs is 1. The van der Waals surface area contributed by atoms with Gasteiger partial charge in [-0.15, -0.1) is 0 Å². The zero-order valence-electron chi connectivity index (χ0n) is 18.9. The van der Waals surface area contributed by atoms with Crippen LogP contribution in [-0.2, 0) is 26.2 Å². The van der Waals surface area contributed by atoms with Gasteiger partial charge in [-0.1, -0.05) is 36.4 Å². The molecule has 0 bridgehead atoms. The van der Waals surface area contributed by atoms with E-state index >= 15 is 0 Å². The van der Waals surface area contributed by atoms with Crippen molar-refractivity contribution in [3.05, 3.63) is 65.2 Å². The topological polar surface area (TPSA) is 138 Å². The van der Waals surface area contributed by atoms with Crippen LogP contribution in [0.15, 0.2) is 53.4 Å². The van der Waals surface area contributed by atoms with E-state index in [9.17, 15) is 31.2 Å². The van der Waals surface area contributed by atoms with Crippen molar-refractivity contribution < 1.29 is 41.1 Å². The Balaban J connectivity index is 0.000000454. The molecule has 2 aromatic rings. The summed E-state index contributed by atoms with van der Waals surface area (Å²) in [4.78, 5) is 35.8. The van der Waals surface area contributed by atoms with Gasteiger partial charge in [0.25, 0.3) is 15.9 Å². The molecule has 9 nitrogen and oxygen atoms in total. The Morgan fingerprint density at radius 2 is 1.58 bits per heavy atom. The monoisotopic (exact) mass is 527 g/mol. The smallest absolute Gasteiger partial charge is 0.475 e. The van der Waals surface area contributed by atoms with E-state index in [2.05, 4.69) is 6.07 Å². The number of piperidine rings is 1. The number of halogens is 3. The minimum absolute atomic E-state index is 0.0325. The normalized spacial score (nSPS) is 17.3. The number of carbonyl (C=O) groups excluding carboxylic acids is 2. The number of sulfonamides is 1. The minimum atomic E-state index is -5.08. The van der Waals surface area contributed by atoms with Crippen LogP contribution in [0.4, 0.5) is 13.2 Å². The summed E-state index contributed by atoms with van der Waals surface area (Å²) < 4.78 is 57.7. The molecule has 0 saturated carbocycles. The second kappa shape index (κ2) is 10.7. The largest absolute Gasteiger partial charge is 0.490 e. The van der Waals surface area contributed by atoms with Crippen molar-refractivity contribution in [1.29, 1.82) is 0 Å². The van der Waals surface area contributed by atoms with Gasteiger partial charge in [-0.05, 0) is 42.0 Å². The molecule has 194 valence electrons. The number of rotatable bonds is 4. The number of carbonyl (C=O) groups is 3. The summed E-state index contributed by atoms with van der Waals surface area (Å²) in [7, 11) is -3.97. The van der Waals surface area contributed by atoms with Crippen LogP contribution in [0.2, 0.25) is 0 Å². The Kier molecular flexibility index (Phi) is 8.04. The van der Waals surface area contributed by atoms with Gasteiger partial charge in [0, 0.05) is 19.6 Å². The molecule has 2 aliphatic heterocycles. The van der Waals surface area contributed by atoms with Gasteiger partial charge >= 0.3 is 12.1 Å². The number of alkyl halides is 3. The molecule has 1 fully saturated rings. The van der Waals surface area contributed by atoms with Crippen LogP contribution in [0.25, 0.3) is 0 Å². The van der Waals surface area contributed by atoms with Crippen LogP contribution >= 0.6 is 0 Å². The lowest BCUT2D eigenvalue weighted by atomic mass is 9.86. The van der Waals surface area contributed by atoms with Crippen molar-refractivity contribution in [2.24, 2.45) is 5.73 Å². The highest BCUT2D eigenvalue weighted by Crippen LogP contribution is 2.32. The third-order valence-corrected chi connectivity index (χ3v) is 7.78. The molecule has 1 saturated heterocycles. The van der Waals surface area contributed by atoms with Crippen molar-refractivity contribution in [2.75, 3.05) is 19.6 Å². The first-order valence-electron chi connectivity index (χ1n) is 10.9. The average Bonchev–Trinajstić information content (AvgIpc) is 3.04. The molecule has 2 aliphatic rings. The molecule has 0 spiro atoms. The molecule has 2 heterocycles. The van der Waals surface area contributed by atoms with Crippen LogP contribution in [0, 0.1) is 0 Å². The maximum absolute atomic E-state index is 12.8. The fourth-order valence-corrected chi connectivity index (χ4v) is 5.69. The van der Waals surface area contributed by atoms with E-state index < -0.39 is 34.6 Å². The first-order chi connectivity index (χ1) is 16.9. The molecule has 13 heteroatoms. The maximum Gasteiger partial charge on any atom is 0.490 e. The zero-order chi connectivity index (χ0) is 26.7. The molecule has 0 unspecified atom stereocenters. The van der Waals surface area contributed by atoms with Crippen molar-refractivity contribution in [3.8, 4) is 0 Å². The molecule has 0 atom stereocenters. The number of carboxylic acids is 1. The molecule has 2 amide bonds. The summed E-state index contributed by atoms with van der Waals surface area (Å²) in [6, 6.07) is 14.1. The summed E-state index contributed by atoms with van der Waals surface area (Å²) in [6.07, 6.45) is -3.52. The summed E-state index contributed by atoms with van der Waals surface area (Å²) in [5.41, 5.74) is 8.29. The van der Waals surface area contributed by atoms with Gasteiger partial charge in [-0.25, -0.2) is 17.5 Å². The molecule has 0 aliphatic carbocycles. The Hall–Kier alpha value is -3.45. The summed E-state index contributed by atoms with van der Waals surface area (Å²) in [6.45, 7) is 1.07. The average molecular weight is 528 g/mol. The molecular formula is C23H24F3N3O6S. The lowest BCUT2D eigenvalue weighted by Gasteiger charge is -2.33. The van der Waals surface area contributed by atoms with Gasteiger partial charge in [0.05, 0.1) is 5.56 Å². The lowest BCUT2D eigenvalue weighted by molar-refractivity contribution is -0.192. The van der Waals surface area contributed by atoms with Crippen molar-refractivity contribution >= 4 is 27.8 Å². The highest BCUT2D eigenvalue weighted by atomic mass is 32.2. The van der Waals surface area contributed by atoms with E-state index in [1.165, 1.54) is 17.7 Å². The van der Waals surface area contributed by atoms with Crippen LogP contribution < -0.4 is 5.73 Å². The van der Waals surface area contributed by atoms with Crippen LogP contribution in [-0.4, -0.2) is 66.3 Å². The van der Waals surface area contributed by atoms with Gasteiger partial charge in [-0.3, -0.25) is 9.59 Å². The number of carboxylic acid groups (broad SMARTS) is 1. The zero-order valence-corrected chi connectivity index (χ0v) is 19.8. The van der Waals surface area contributed by atoms with Gasteiger partial charge in [0.1, 0.15) is 11.4 Å². The molecule has 0 radical (unpaired) electrons. The van der Waals surface area contributed by atoms with E-state index in [1.807, 2.05) is 18.2 Å². The van der Waals surface area contributed by atoms with E-state index in [1.54, 1.807) is 17.0 Å². The Bertz CT molecular complexity index is 1260. The number of likely N-dealkylation sites (tertiary alicyclic amines) is 1. The van der Waals surface area contributed by atoms with Gasteiger partial charge in [0.2, 0.25) is 5.91 Å². The second-order valence-corrected chi connectivity index (χ2v) is 10.0. The molecular weight excluding hydrogens is 503 g/mol. The predicted molar refractivity (Wildman–Crippen MR) is 121 cm³/mol. The van der Waals surface area contributed by atoms with Gasteiger partial charge in [-0.2, -0.15) is 13.2 Å². The molecule has 2 aromatic carbocycles. The van der Waals surface area contributed by atoms with E-state index in [-0.39, 0.29) is 16.4 Å². The van der Waals surface area contributed by atoms with Crippen LogP contribution in [0.5, 0.6) is 0 Å². The molecule has 0 aromatic heterocycles. The van der Waals surface area contributed by atoms with Gasteiger partial charge < -0.3 is 15.7 Å². The number of aliphatic carboxylic acids is 1. The maximum atomic E-state index is 12.8. The predicted octanol–water partition coefficient (Wildman–Crippen LogP) is 2.33. The van der Waals surface area contributed by atoms with Crippen LogP contribution in [0.1, 0.15) is 40.2 Å². The number of amides is 2. The second-order valence-electron chi connectivity index (χ2n) is 8.17. The Morgan fingerprint density at radius 1 is 1.03 bits per heavy atom. The Labute approximate surface area is 205 Å². The quantitative estimate of drug-likeness (QED) is 0.622. The third kappa shape index (κ3) is 5.68. The van der Waals surface area contributed by atoms with E-state index in [0.29, 0.717) is 29.9 Å². The first kappa shape index (κ1) is 27.1. The Morgan fingerprint density at radius 3 is 2.14 bits per heavy atom. The standard InChI is InChI=1S/C21H23N3O4S.C2HF3O2/c22-13-16-5-1-2-6-17(16)15-9-11-23(12-10-15)20(25)14-24-21(26)18-7-3-4-8-19(18)29(24,27)28;3-2(4,5)1(6)7/h1-8,15H,9-14,22H2;(H,6,7). The fraction of sp³-hybridized carbons (Fsp3) is 0.348. The number of benzene rings is 2. The highest BCUT2D eigenvalue weighted by molar-refractivity contribution is 7.90. The molecule has 4 rings (SSSR count). The summed E-state index contributed by atoms with van der Waals surface area (Å²) in [5, 5.41) is 7.12. The first-order valence-corrected chi connectivity index (χ1v) is 12.3. The molecule has 3 N–H and O–H groups in total. The fourth-order valence-electron chi connectivity index (χ4n) is 4.17. The van der Waals surface area contributed by atoms with Crippen molar-refractivity contribution in [1.82, 2.24) is 9.21 Å². The third-order valence-electron chi connectivity index (χ3n) is 6.00. The number of hydrogen-bond donors (Lipinski definition) is 2. The molecule has 36 heavy (non-hydrogen) atoms. The van der Waals surface area contributed by atoms with E-state index in [0.717, 1.165) is 18.4 Å². The number of nitrogens with zero attached hydrogens (tertiary/aromatic N) is 2. The number of nitrogens with two attached hydrogens (primary N) is 1. The lowest BCUT2D eigenvalue weighted by Crippen LogP contribution is -2.45.